The molecule has 3 heterocycles. The molecule has 1 fully saturated rings. The second-order valence-corrected chi connectivity index (χ2v) is 6.22. The van der Waals surface area contributed by atoms with Crippen LogP contribution in [-0.4, -0.2) is 38.1 Å². The standard InChI is InChI=1S/C17H20N6/c1-13-3-2-4-15-16(13)17(19-12-18-15)22-8-5-14(6-9-22)11-23-10-7-20-21-23/h2-4,7,10,12,14H,5-6,8-9,11H2,1H3. The van der Waals surface area contributed by atoms with Crippen molar-refractivity contribution in [1.29, 1.82) is 0 Å². The lowest BCUT2D eigenvalue weighted by Crippen LogP contribution is -2.35. The monoisotopic (exact) mass is 308 g/mol. The number of aromatic nitrogens is 5. The molecular formula is C17H20N6. The minimum absolute atomic E-state index is 0.655. The summed E-state index contributed by atoms with van der Waals surface area (Å²) < 4.78 is 1.94. The van der Waals surface area contributed by atoms with E-state index in [1.807, 2.05) is 10.9 Å². The average molecular weight is 308 g/mol. The molecule has 0 atom stereocenters. The molecule has 23 heavy (non-hydrogen) atoms. The second-order valence-electron chi connectivity index (χ2n) is 6.22. The fourth-order valence-electron chi connectivity index (χ4n) is 3.42. The molecular weight excluding hydrogens is 288 g/mol. The zero-order valence-corrected chi connectivity index (χ0v) is 13.3. The first-order valence-electron chi connectivity index (χ1n) is 8.10. The van der Waals surface area contributed by atoms with Crippen LogP contribution in [0.4, 0.5) is 5.82 Å². The van der Waals surface area contributed by atoms with Gasteiger partial charge < -0.3 is 4.90 Å². The van der Waals surface area contributed by atoms with Gasteiger partial charge in [-0.15, -0.1) is 5.10 Å². The van der Waals surface area contributed by atoms with E-state index in [1.165, 1.54) is 10.9 Å². The Kier molecular flexibility index (Phi) is 3.65. The number of aryl methyl sites for hydroxylation is 1. The van der Waals surface area contributed by atoms with Crippen LogP contribution in [0.15, 0.2) is 36.9 Å². The molecule has 3 aromatic rings. The first-order valence-corrected chi connectivity index (χ1v) is 8.10. The molecule has 0 N–H and O–H groups in total. The van der Waals surface area contributed by atoms with Crippen molar-refractivity contribution in [3.63, 3.8) is 0 Å². The molecule has 1 aliphatic rings. The van der Waals surface area contributed by atoms with E-state index in [0.717, 1.165) is 43.8 Å². The maximum atomic E-state index is 4.58. The molecule has 0 bridgehead atoms. The molecule has 118 valence electrons. The van der Waals surface area contributed by atoms with E-state index >= 15 is 0 Å². The highest BCUT2D eigenvalue weighted by Gasteiger charge is 2.22. The van der Waals surface area contributed by atoms with E-state index < -0.39 is 0 Å². The second kappa shape index (κ2) is 5.95. The largest absolute Gasteiger partial charge is 0.356 e. The number of anilines is 1. The lowest BCUT2D eigenvalue weighted by Gasteiger charge is -2.33. The van der Waals surface area contributed by atoms with Crippen LogP contribution < -0.4 is 4.90 Å². The van der Waals surface area contributed by atoms with E-state index in [9.17, 15) is 0 Å². The Hall–Kier alpha value is -2.50. The van der Waals surface area contributed by atoms with Gasteiger partial charge in [0.05, 0.1) is 11.7 Å². The van der Waals surface area contributed by atoms with Crippen molar-refractivity contribution in [2.45, 2.75) is 26.3 Å². The van der Waals surface area contributed by atoms with Gasteiger partial charge >= 0.3 is 0 Å². The molecule has 1 saturated heterocycles. The molecule has 0 unspecified atom stereocenters. The Morgan fingerprint density at radius 3 is 2.83 bits per heavy atom. The summed E-state index contributed by atoms with van der Waals surface area (Å²) in [5.74, 6) is 1.73. The lowest BCUT2D eigenvalue weighted by molar-refractivity contribution is 0.338. The van der Waals surface area contributed by atoms with Gasteiger partial charge in [0.1, 0.15) is 12.1 Å². The number of rotatable bonds is 3. The van der Waals surface area contributed by atoms with Crippen LogP contribution in [0.5, 0.6) is 0 Å². The van der Waals surface area contributed by atoms with Crippen molar-refractivity contribution in [3.8, 4) is 0 Å². The van der Waals surface area contributed by atoms with Gasteiger partial charge in [0.15, 0.2) is 0 Å². The van der Waals surface area contributed by atoms with Crippen molar-refractivity contribution in [1.82, 2.24) is 25.0 Å². The number of fused-ring (bicyclic) bond motifs is 1. The quantitative estimate of drug-likeness (QED) is 0.744. The highest BCUT2D eigenvalue weighted by atomic mass is 15.4. The van der Waals surface area contributed by atoms with Crippen LogP contribution in [0.3, 0.4) is 0 Å². The molecule has 6 heteroatoms. The van der Waals surface area contributed by atoms with Crippen molar-refractivity contribution >= 4 is 16.7 Å². The van der Waals surface area contributed by atoms with Gasteiger partial charge in [0.2, 0.25) is 0 Å². The molecule has 0 radical (unpaired) electrons. The van der Waals surface area contributed by atoms with E-state index in [-0.39, 0.29) is 0 Å². The summed E-state index contributed by atoms with van der Waals surface area (Å²) in [7, 11) is 0. The third kappa shape index (κ3) is 2.76. The Morgan fingerprint density at radius 1 is 1.17 bits per heavy atom. The molecule has 0 aliphatic carbocycles. The van der Waals surface area contributed by atoms with Crippen LogP contribution >= 0.6 is 0 Å². The van der Waals surface area contributed by atoms with Crippen LogP contribution in [0, 0.1) is 12.8 Å². The van der Waals surface area contributed by atoms with E-state index in [0.29, 0.717) is 5.92 Å². The summed E-state index contributed by atoms with van der Waals surface area (Å²) in [6.07, 6.45) is 7.66. The molecule has 0 amide bonds. The first kappa shape index (κ1) is 14.1. The molecule has 0 spiro atoms. The smallest absolute Gasteiger partial charge is 0.140 e. The fraction of sp³-hybridized carbons (Fsp3) is 0.412. The Balaban J connectivity index is 1.52. The van der Waals surface area contributed by atoms with Gasteiger partial charge in [-0.05, 0) is 37.3 Å². The molecule has 4 rings (SSSR count). The molecule has 1 aliphatic heterocycles. The first-order chi connectivity index (χ1) is 11.3. The normalized spacial score (nSPS) is 16.1. The van der Waals surface area contributed by atoms with Gasteiger partial charge in [-0.2, -0.15) is 0 Å². The maximum absolute atomic E-state index is 4.58. The topological polar surface area (TPSA) is 59.7 Å². The lowest BCUT2D eigenvalue weighted by atomic mass is 9.96. The summed E-state index contributed by atoms with van der Waals surface area (Å²) in [6.45, 7) is 5.14. The summed E-state index contributed by atoms with van der Waals surface area (Å²) in [5, 5.41) is 9.14. The van der Waals surface area contributed by atoms with Gasteiger partial charge in [0.25, 0.3) is 0 Å². The minimum atomic E-state index is 0.655. The van der Waals surface area contributed by atoms with E-state index in [1.54, 1.807) is 12.5 Å². The number of piperidine rings is 1. The number of hydrogen-bond acceptors (Lipinski definition) is 5. The van der Waals surface area contributed by atoms with Crippen LogP contribution in [0.25, 0.3) is 10.9 Å². The average Bonchev–Trinajstić information content (AvgIpc) is 3.08. The Morgan fingerprint density at radius 2 is 2.04 bits per heavy atom. The molecule has 6 nitrogen and oxygen atoms in total. The Labute approximate surface area is 135 Å². The van der Waals surface area contributed by atoms with Crippen LogP contribution in [-0.2, 0) is 6.54 Å². The van der Waals surface area contributed by atoms with Gasteiger partial charge in [0, 0.05) is 31.2 Å². The van der Waals surface area contributed by atoms with Crippen LogP contribution in [0.2, 0.25) is 0 Å². The summed E-state index contributed by atoms with van der Waals surface area (Å²) in [5.41, 5.74) is 2.27. The zero-order valence-electron chi connectivity index (χ0n) is 13.3. The zero-order chi connectivity index (χ0) is 15.6. The predicted molar refractivity (Wildman–Crippen MR) is 89.2 cm³/mol. The number of hydrogen-bond donors (Lipinski definition) is 0. The van der Waals surface area contributed by atoms with Gasteiger partial charge in [-0.1, -0.05) is 17.3 Å². The summed E-state index contributed by atoms with van der Waals surface area (Å²) in [4.78, 5) is 11.4. The predicted octanol–water partition coefficient (Wildman–Crippen LogP) is 2.45. The van der Waals surface area contributed by atoms with Crippen molar-refractivity contribution in [2.24, 2.45) is 5.92 Å². The highest BCUT2D eigenvalue weighted by Crippen LogP contribution is 2.29. The number of benzene rings is 1. The fourth-order valence-corrected chi connectivity index (χ4v) is 3.42. The summed E-state index contributed by atoms with van der Waals surface area (Å²) >= 11 is 0. The molecule has 0 saturated carbocycles. The van der Waals surface area contributed by atoms with Gasteiger partial charge in [-0.3, -0.25) is 4.68 Å². The molecule has 1 aromatic carbocycles. The van der Waals surface area contributed by atoms with E-state index in [2.05, 4.69) is 50.3 Å². The highest BCUT2D eigenvalue weighted by molar-refractivity contribution is 5.92. The van der Waals surface area contributed by atoms with Crippen molar-refractivity contribution in [3.05, 3.63) is 42.5 Å². The third-order valence-corrected chi connectivity index (χ3v) is 4.68. The molecule has 2 aromatic heterocycles. The summed E-state index contributed by atoms with van der Waals surface area (Å²) in [6, 6.07) is 6.25. The maximum Gasteiger partial charge on any atom is 0.140 e. The number of nitrogens with zero attached hydrogens (tertiary/aromatic N) is 6. The van der Waals surface area contributed by atoms with Gasteiger partial charge in [-0.25, -0.2) is 9.97 Å². The third-order valence-electron chi connectivity index (χ3n) is 4.68. The van der Waals surface area contributed by atoms with Crippen molar-refractivity contribution in [2.75, 3.05) is 18.0 Å². The van der Waals surface area contributed by atoms with E-state index in [4.69, 9.17) is 0 Å². The Bertz CT molecular complexity index is 785. The van der Waals surface area contributed by atoms with Crippen molar-refractivity contribution < 1.29 is 0 Å². The minimum Gasteiger partial charge on any atom is -0.356 e. The SMILES string of the molecule is Cc1cccc2ncnc(N3CCC(Cn4ccnn4)CC3)c12. The van der Waals surface area contributed by atoms with Crippen LogP contribution in [0.1, 0.15) is 18.4 Å².